The Hall–Kier alpha value is -1.82. The molecule has 0 spiro atoms. The molecular formula is C23H30. The molecule has 2 rings (SSSR count). The molecule has 0 N–H and O–H groups in total. The van der Waals surface area contributed by atoms with Crippen molar-refractivity contribution in [3.63, 3.8) is 0 Å². The smallest absolute Gasteiger partial charge is 0.0238 e. The van der Waals surface area contributed by atoms with E-state index in [2.05, 4.69) is 74.5 Å². The second kappa shape index (κ2) is 10.0. The predicted octanol–water partition coefficient (Wildman–Crippen LogP) is 6.63. The first kappa shape index (κ1) is 17.5. The van der Waals surface area contributed by atoms with Crippen molar-refractivity contribution >= 4 is 6.08 Å². The van der Waals surface area contributed by atoms with Crippen molar-refractivity contribution < 1.29 is 0 Å². The van der Waals surface area contributed by atoms with E-state index in [0.717, 1.165) is 19.3 Å². The molecule has 0 atom stereocenters. The van der Waals surface area contributed by atoms with Crippen LogP contribution < -0.4 is 0 Å². The van der Waals surface area contributed by atoms with Gasteiger partial charge in [-0.1, -0.05) is 87.4 Å². The number of aryl methyl sites for hydroxylation is 3. The van der Waals surface area contributed by atoms with Crippen molar-refractivity contribution in [2.24, 2.45) is 0 Å². The Balaban J connectivity index is 1.83. The fourth-order valence-corrected chi connectivity index (χ4v) is 2.72. The molecule has 0 saturated heterocycles. The maximum absolute atomic E-state index is 2.30. The quantitative estimate of drug-likeness (QED) is 0.488. The Morgan fingerprint density at radius 2 is 1.17 bits per heavy atom. The summed E-state index contributed by atoms with van der Waals surface area (Å²) in [6.45, 7) is 4.46. The summed E-state index contributed by atoms with van der Waals surface area (Å²) < 4.78 is 0. The van der Waals surface area contributed by atoms with Gasteiger partial charge in [-0.2, -0.15) is 0 Å². The zero-order valence-electron chi connectivity index (χ0n) is 14.7. The minimum Gasteiger partial charge on any atom is -0.0840 e. The average Bonchev–Trinajstić information content (AvgIpc) is 2.60. The van der Waals surface area contributed by atoms with Gasteiger partial charge in [0.15, 0.2) is 0 Å². The topological polar surface area (TPSA) is 0 Å². The Bertz CT molecular complexity index is 572. The highest BCUT2D eigenvalue weighted by Crippen LogP contribution is 2.12. The van der Waals surface area contributed by atoms with Crippen LogP contribution >= 0.6 is 0 Å². The van der Waals surface area contributed by atoms with E-state index in [1.165, 1.54) is 47.9 Å². The molecule has 23 heavy (non-hydrogen) atoms. The monoisotopic (exact) mass is 306 g/mol. The van der Waals surface area contributed by atoms with Crippen LogP contribution in [0.25, 0.3) is 6.08 Å². The fraction of sp³-hybridized carbons (Fsp3) is 0.391. The molecule has 0 aromatic heterocycles. The molecule has 0 aliphatic rings. The largest absolute Gasteiger partial charge is 0.0840 e. The van der Waals surface area contributed by atoms with Crippen LogP contribution in [0.3, 0.4) is 0 Å². The van der Waals surface area contributed by atoms with E-state index in [4.69, 9.17) is 0 Å². The summed E-state index contributed by atoms with van der Waals surface area (Å²) in [4.78, 5) is 0. The number of hydrogen-bond donors (Lipinski definition) is 0. The standard InChI is InChI=1S/C23H30/c1-3-5-7-9-21-12-16-23(17-13-21)19-18-22-14-10-20(11-15-22)8-6-4-2/h7,9-17H,3-6,8,18-19H2,1-2H3/b9-7+. The highest BCUT2D eigenvalue weighted by Gasteiger charge is 1.98. The van der Waals surface area contributed by atoms with E-state index < -0.39 is 0 Å². The van der Waals surface area contributed by atoms with Crippen LogP contribution in [0.15, 0.2) is 54.6 Å². The predicted molar refractivity (Wildman–Crippen MR) is 103 cm³/mol. The van der Waals surface area contributed by atoms with Gasteiger partial charge in [-0.15, -0.1) is 0 Å². The molecule has 0 nitrogen and oxygen atoms in total. The molecule has 0 heteroatoms. The van der Waals surface area contributed by atoms with Gasteiger partial charge in [0.2, 0.25) is 0 Å². The zero-order valence-corrected chi connectivity index (χ0v) is 14.7. The third-order valence-corrected chi connectivity index (χ3v) is 4.29. The van der Waals surface area contributed by atoms with Gasteiger partial charge in [0.1, 0.15) is 0 Å². The van der Waals surface area contributed by atoms with Gasteiger partial charge < -0.3 is 0 Å². The van der Waals surface area contributed by atoms with Crippen molar-refractivity contribution in [3.05, 3.63) is 76.9 Å². The molecule has 2 aromatic carbocycles. The van der Waals surface area contributed by atoms with Crippen molar-refractivity contribution in [1.29, 1.82) is 0 Å². The Morgan fingerprint density at radius 1 is 0.652 bits per heavy atom. The molecule has 0 amide bonds. The Labute approximate surface area is 142 Å². The molecular weight excluding hydrogens is 276 g/mol. The molecule has 0 radical (unpaired) electrons. The number of unbranched alkanes of at least 4 members (excludes halogenated alkanes) is 2. The van der Waals surface area contributed by atoms with E-state index in [9.17, 15) is 0 Å². The van der Waals surface area contributed by atoms with E-state index in [1.807, 2.05) is 0 Å². The van der Waals surface area contributed by atoms with Crippen LogP contribution in [0.5, 0.6) is 0 Å². The number of rotatable bonds is 9. The van der Waals surface area contributed by atoms with E-state index in [0.29, 0.717) is 0 Å². The van der Waals surface area contributed by atoms with Gasteiger partial charge in [-0.25, -0.2) is 0 Å². The summed E-state index contributed by atoms with van der Waals surface area (Å²) in [6, 6.07) is 18.2. The molecule has 0 heterocycles. The average molecular weight is 306 g/mol. The van der Waals surface area contributed by atoms with Crippen LogP contribution in [0.4, 0.5) is 0 Å². The summed E-state index contributed by atoms with van der Waals surface area (Å²) in [5.74, 6) is 0. The SMILES string of the molecule is CCC/C=C/c1ccc(CCc2ccc(CCCC)cc2)cc1. The van der Waals surface area contributed by atoms with Gasteiger partial charge in [-0.3, -0.25) is 0 Å². The number of allylic oxidation sites excluding steroid dienone is 1. The normalized spacial score (nSPS) is 11.2. The third-order valence-electron chi connectivity index (χ3n) is 4.29. The van der Waals surface area contributed by atoms with Gasteiger partial charge in [0, 0.05) is 0 Å². The lowest BCUT2D eigenvalue weighted by Gasteiger charge is -2.05. The van der Waals surface area contributed by atoms with Crippen LogP contribution in [0.1, 0.15) is 61.8 Å². The van der Waals surface area contributed by atoms with Gasteiger partial charge in [0.05, 0.1) is 0 Å². The first-order chi connectivity index (χ1) is 11.3. The van der Waals surface area contributed by atoms with Crippen LogP contribution in [-0.2, 0) is 19.3 Å². The summed E-state index contributed by atoms with van der Waals surface area (Å²) in [7, 11) is 0. The lowest BCUT2D eigenvalue weighted by atomic mass is 10.0. The van der Waals surface area contributed by atoms with Gasteiger partial charge in [0.25, 0.3) is 0 Å². The zero-order chi connectivity index (χ0) is 16.3. The lowest BCUT2D eigenvalue weighted by Crippen LogP contribution is -1.92. The summed E-state index contributed by atoms with van der Waals surface area (Å²) in [6.07, 6.45) is 12.9. The van der Waals surface area contributed by atoms with Gasteiger partial charge in [-0.05, 0) is 54.4 Å². The number of hydrogen-bond acceptors (Lipinski definition) is 0. The van der Waals surface area contributed by atoms with E-state index in [-0.39, 0.29) is 0 Å². The Morgan fingerprint density at radius 3 is 1.70 bits per heavy atom. The van der Waals surface area contributed by atoms with Crippen LogP contribution in [0.2, 0.25) is 0 Å². The minimum atomic E-state index is 1.12. The van der Waals surface area contributed by atoms with Crippen molar-refractivity contribution in [2.75, 3.05) is 0 Å². The molecule has 122 valence electrons. The third kappa shape index (κ3) is 6.44. The summed E-state index contributed by atoms with van der Waals surface area (Å²) in [5.41, 5.74) is 5.64. The summed E-state index contributed by atoms with van der Waals surface area (Å²) >= 11 is 0. The number of benzene rings is 2. The minimum absolute atomic E-state index is 1.12. The Kier molecular flexibility index (Phi) is 7.66. The lowest BCUT2D eigenvalue weighted by molar-refractivity contribution is 0.794. The summed E-state index contributed by atoms with van der Waals surface area (Å²) in [5, 5.41) is 0. The van der Waals surface area contributed by atoms with Crippen LogP contribution in [-0.4, -0.2) is 0 Å². The maximum Gasteiger partial charge on any atom is -0.0238 e. The molecule has 0 aliphatic heterocycles. The van der Waals surface area contributed by atoms with Crippen LogP contribution in [0, 0.1) is 0 Å². The maximum atomic E-state index is 2.30. The molecule has 2 aromatic rings. The first-order valence-corrected chi connectivity index (χ1v) is 9.15. The molecule has 0 fully saturated rings. The second-order valence-corrected chi connectivity index (χ2v) is 6.35. The van der Waals surface area contributed by atoms with E-state index >= 15 is 0 Å². The van der Waals surface area contributed by atoms with Crippen molar-refractivity contribution in [1.82, 2.24) is 0 Å². The van der Waals surface area contributed by atoms with Gasteiger partial charge >= 0.3 is 0 Å². The van der Waals surface area contributed by atoms with Crippen molar-refractivity contribution in [2.45, 2.75) is 58.8 Å². The molecule has 0 bridgehead atoms. The first-order valence-electron chi connectivity index (χ1n) is 9.15. The molecule has 0 saturated carbocycles. The highest BCUT2D eigenvalue weighted by atomic mass is 14.0. The molecule has 0 aliphatic carbocycles. The second-order valence-electron chi connectivity index (χ2n) is 6.35. The highest BCUT2D eigenvalue weighted by molar-refractivity contribution is 5.49. The molecule has 0 unspecified atom stereocenters. The van der Waals surface area contributed by atoms with Crippen molar-refractivity contribution in [3.8, 4) is 0 Å². The fourth-order valence-electron chi connectivity index (χ4n) is 2.72. The van der Waals surface area contributed by atoms with E-state index in [1.54, 1.807) is 0 Å².